The molecule has 0 aromatic carbocycles. The van der Waals surface area contributed by atoms with Crippen molar-refractivity contribution in [2.45, 2.75) is 0 Å². The standard InChI is InChI=1S/C13H10ClN5O2S/c14-7-2-9(17-4-7)12(21)19-13-18-10(5-22-13)6-1-8(11(15)20)16-3-6/h1-5,16-17H,(H2,15,20)(H,18,19,21). The largest absolute Gasteiger partial charge is 0.364 e. The summed E-state index contributed by atoms with van der Waals surface area (Å²) in [7, 11) is 0. The molecule has 0 aliphatic heterocycles. The van der Waals surface area contributed by atoms with Crippen molar-refractivity contribution in [1.29, 1.82) is 0 Å². The predicted octanol–water partition coefficient (Wildman–Crippen LogP) is 2.47. The molecule has 5 N–H and O–H groups in total. The van der Waals surface area contributed by atoms with Crippen molar-refractivity contribution in [3.8, 4) is 11.3 Å². The number of hydrogen-bond acceptors (Lipinski definition) is 4. The summed E-state index contributed by atoms with van der Waals surface area (Å²) in [5, 5.41) is 5.33. The van der Waals surface area contributed by atoms with E-state index in [9.17, 15) is 9.59 Å². The van der Waals surface area contributed by atoms with Crippen LogP contribution in [0.4, 0.5) is 5.13 Å². The van der Waals surface area contributed by atoms with Crippen molar-refractivity contribution in [3.63, 3.8) is 0 Å². The number of nitrogens with one attached hydrogen (secondary N) is 3. The van der Waals surface area contributed by atoms with Crippen LogP contribution in [0.15, 0.2) is 29.9 Å². The van der Waals surface area contributed by atoms with E-state index < -0.39 is 5.91 Å². The summed E-state index contributed by atoms with van der Waals surface area (Å²) < 4.78 is 0. The van der Waals surface area contributed by atoms with Crippen LogP contribution in [0.1, 0.15) is 21.0 Å². The Morgan fingerprint density at radius 3 is 2.64 bits per heavy atom. The number of rotatable bonds is 4. The van der Waals surface area contributed by atoms with E-state index >= 15 is 0 Å². The first-order chi connectivity index (χ1) is 10.5. The lowest BCUT2D eigenvalue weighted by molar-refractivity contribution is 0.0993. The molecule has 0 aliphatic rings. The molecule has 0 radical (unpaired) electrons. The minimum atomic E-state index is -0.543. The van der Waals surface area contributed by atoms with Gasteiger partial charge < -0.3 is 15.7 Å². The topological polar surface area (TPSA) is 117 Å². The fraction of sp³-hybridized carbons (Fsp3) is 0. The van der Waals surface area contributed by atoms with Gasteiger partial charge in [-0.05, 0) is 12.1 Å². The van der Waals surface area contributed by atoms with Crippen molar-refractivity contribution in [1.82, 2.24) is 15.0 Å². The Kier molecular flexibility index (Phi) is 3.70. The van der Waals surface area contributed by atoms with E-state index in [-0.39, 0.29) is 5.91 Å². The SMILES string of the molecule is NC(=O)c1cc(-c2csc(NC(=O)c3cc(Cl)c[nH]3)n2)c[nH]1. The molecule has 22 heavy (non-hydrogen) atoms. The fourth-order valence-electron chi connectivity index (χ4n) is 1.81. The molecule has 0 saturated carbocycles. The number of aromatic nitrogens is 3. The number of nitrogens with two attached hydrogens (primary N) is 1. The van der Waals surface area contributed by atoms with Crippen molar-refractivity contribution in [2.75, 3.05) is 5.32 Å². The molecule has 3 aromatic heterocycles. The molecule has 2 amide bonds. The van der Waals surface area contributed by atoms with Crippen molar-refractivity contribution < 1.29 is 9.59 Å². The Labute approximate surface area is 133 Å². The van der Waals surface area contributed by atoms with Crippen LogP contribution >= 0.6 is 22.9 Å². The van der Waals surface area contributed by atoms with E-state index in [1.807, 2.05) is 0 Å². The van der Waals surface area contributed by atoms with E-state index in [1.54, 1.807) is 17.6 Å². The first-order valence-electron chi connectivity index (χ1n) is 6.12. The molecule has 3 heterocycles. The third kappa shape index (κ3) is 2.87. The number of nitrogens with zero attached hydrogens (tertiary/aromatic N) is 1. The van der Waals surface area contributed by atoms with E-state index in [2.05, 4.69) is 20.3 Å². The van der Waals surface area contributed by atoms with Crippen molar-refractivity contribution >= 4 is 39.9 Å². The zero-order valence-electron chi connectivity index (χ0n) is 11.0. The van der Waals surface area contributed by atoms with Crippen LogP contribution in [0.2, 0.25) is 5.02 Å². The summed E-state index contributed by atoms with van der Waals surface area (Å²) in [6.45, 7) is 0. The lowest BCUT2D eigenvalue weighted by atomic mass is 10.2. The second-order valence-corrected chi connectivity index (χ2v) is 5.68. The Morgan fingerprint density at radius 1 is 1.23 bits per heavy atom. The van der Waals surface area contributed by atoms with Crippen molar-refractivity contribution in [2.24, 2.45) is 5.73 Å². The highest BCUT2D eigenvalue weighted by Crippen LogP contribution is 2.25. The van der Waals surface area contributed by atoms with Crippen LogP contribution < -0.4 is 11.1 Å². The third-order valence-electron chi connectivity index (χ3n) is 2.86. The van der Waals surface area contributed by atoms with Gasteiger partial charge in [0.25, 0.3) is 11.8 Å². The van der Waals surface area contributed by atoms with Gasteiger partial charge in [0, 0.05) is 23.3 Å². The molecule has 0 unspecified atom stereocenters. The van der Waals surface area contributed by atoms with Crippen molar-refractivity contribution in [3.05, 3.63) is 46.3 Å². The molecule has 3 rings (SSSR count). The summed E-state index contributed by atoms with van der Waals surface area (Å²) in [5.74, 6) is -0.877. The summed E-state index contributed by atoms with van der Waals surface area (Å²) >= 11 is 7.03. The normalized spacial score (nSPS) is 10.6. The average Bonchev–Trinajstić information content (AvgIpc) is 3.16. The molecule has 112 valence electrons. The van der Waals surface area contributed by atoms with Gasteiger partial charge in [-0.2, -0.15) is 0 Å². The third-order valence-corrected chi connectivity index (χ3v) is 3.84. The maximum atomic E-state index is 12.0. The molecule has 0 bridgehead atoms. The van der Waals surface area contributed by atoms with E-state index in [0.717, 1.165) is 0 Å². The van der Waals surface area contributed by atoms with Gasteiger partial charge >= 0.3 is 0 Å². The van der Waals surface area contributed by atoms with Crippen LogP contribution in [0.25, 0.3) is 11.3 Å². The molecular weight excluding hydrogens is 326 g/mol. The first-order valence-corrected chi connectivity index (χ1v) is 7.38. The van der Waals surface area contributed by atoms with Gasteiger partial charge in [0.2, 0.25) is 0 Å². The molecular formula is C13H10ClN5O2S. The second kappa shape index (κ2) is 5.66. The maximum Gasteiger partial charge on any atom is 0.273 e. The van der Waals surface area contributed by atoms with E-state index in [1.165, 1.54) is 23.6 Å². The molecule has 0 saturated heterocycles. The molecule has 3 aromatic rings. The molecule has 7 nitrogen and oxygen atoms in total. The van der Waals surface area contributed by atoms with Gasteiger partial charge in [-0.1, -0.05) is 11.6 Å². The van der Waals surface area contributed by atoms with Crippen LogP contribution in [0.5, 0.6) is 0 Å². The van der Waals surface area contributed by atoms with Gasteiger partial charge in [-0.25, -0.2) is 4.98 Å². The number of carbonyl (C=O) groups excluding carboxylic acids is 2. The summed E-state index contributed by atoms with van der Waals surface area (Å²) in [6, 6.07) is 3.13. The number of aromatic amines is 2. The smallest absolute Gasteiger partial charge is 0.273 e. The van der Waals surface area contributed by atoms with Gasteiger partial charge in [-0.15, -0.1) is 11.3 Å². The Bertz CT molecular complexity index is 850. The highest BCUT2D eigenvalue weighted by atomic mass is 35.5. The number of thiazole rings is 1. The lowest BCUT2D eigenvalue weighted by Gasteiger charge is -1.98. The summed E-state index contributed by atoms with van der Waals surface area (Å²) in [6.07, 6.45) is 3.15. The number of amides is 2. The van der Waals surface area contributed by atoms with Gasteiger partial charge in [0.05, 0.1) is 10.7 Å². The zero-order valence-corrected chi connectivity index (χ0v) is 12.6. The number of primary amides is 1. The first kappa shape index (κ1) is 14.4. The maximum absolute atomic E-state index is 12.0. The summed E-state index contributed by atoms with van der Waals surface area (Å²) in [4.78, 5) is 32.8. The minimum Gasteiger partial charge on any atom is -0.364 e. The highest BCUT2D eigenvalue weighted by molar-refractivity contribution is 7.14. The molecule has 0 atom stereocenters. The molecule has 9 heteroatoms. The predicted molar refractivity (Wildman–Crippen MR) is 84.2 cm³/mol. The van der Waals surface area contributed by atoms with Crippen LogP contribution in [0, 0.1) is 0 Å². The zero-order chi connectivity index (χ0) is 15.7. The van der Waals surface area contributed by atoms with Crippen LogP contribution in [-0.2, 0) is 0 Å². The van der Waals surface area contributed by atoms with Gasteiger partial charge in [0.15, 0.2) is 5.13 Å². The van der Waals surface area contributed by atoms with Crippen LogP contribution in [-0.4, -0.2) is 26.8 Å². The lowest BCUT2D eigenvalue weighted by Crippen LogP contribution is -2.11. The Morgan fingerprint density at radius 2 is 2.00 bits per heavy atom. The Balaban J connectivity index is 1.75. The number of halogens is 1. The Hall–Kier alpha value is -2.58. The quantitative estimate of drug-likeness (QED) is 0.586. The second-order valence-electron chi connectivity index (χ2n) is 4.39. The van der Waals surface area contributed by atoms with Crippen LogP contribution in [0.3, 0.4) is 0 Å². The van der Waals surface area contributed by atoms with E-state index in [4.69, 9.17) is 17.3 Å². The minimum absolute atomic E-state index is 0.301. The molecule has 0 spiro atoms. The number of carbonyl (C=O) groups is 2. The monoisotopic (exact) mass is 335 g/mol. The fourth-order valence-corrected chi connectivity index (χ4v) is 2.69. The number of hydrogen-bond donors (Lipinski definition) is 4. The number of H-pyrrole nitrogens is 2. The van der Waals surface area contributed by atoms with E-state index in [0.29, 0.717) is 32.8 Å². The van der Waals surface area contributed by atoms with Gasteiger partial charge in [0.1, 0.15) is 11.4 Å². The molecule has 0 fully saturated rings. The number of anilines is 1. The average molecular weight is 336 g/mol. The summed E-state index contributed by atoms with van der Waals surface area (Å²) in [5.41, 5.74) is 7.18. The van der Waals surface area contributed by atoms with Gasteiger partial charge in [-0.3, -0.25) is 14.9 Å². The molecule has 0 aliphatic carbocycles. The highest BCUT2D eigenvalue weighted by Gasteiger charge is 2.13.